The third-order valence-corrected chi connectivity index (χ3v) is 4.26. The molecule has 4 nitrogen and oxygen atoms in total. The largest absolute Gasteiger partial charge is 0.369 e. The van der Waals surface area contributed by atoms with Gasteiger partial charge < -0.3 is 15.0 Å². The fraction of sp³-hybridized carbons (Fsp3) is 0.588. The molecule has 2 aliphatic rings. The van der Waals surface area contributed by atoms with Crippen LogP contribution in [0.15, 0.2) is 24.3 Å². The summed E-state index contributed by atoms with van der Waals surface area (Å²) in [5.41, 5.74) is 2.33. The lowest BCUT2D eigenvalue weighted by atomic mass is 9.94. The summed E-state index contributed by atoms with van der Waals surface area (Å²) < 4.78 is 5.88. The molecule has 4 heteroatoms. The zero-order valence-corrected chi connectivity index (χ0v) is 13.1. The number of carbonyl (C=O) groups is 1. The second-order valence-corrected chi connectivity index (χ2v) is 6.81. The van der Waals surface area contributed by atoms with E-state index in [9.17, 15) is 4.79 Å². The normalized spacial score (nSPS) is 28.0. The number of morpholine rings is 1. The highest BCUT2D eigenvalue weighted by atomic mass is 16.5. The number of carbonyl (C=O) groups excluding carboxylic acids is 1. The van der Waals surface area contributed by atoms with Crippen LogP contribution in [0.3, 0.4) is 0 Å². The maximum absolute atomic E-state index is 12.8. The highest BCUT2D eigenvalue weighted by molar-refractivity contribution is 5.82. The molecule has 1 aromatic carbocycles. The maximum Gasteiger partial charge on any atom is 0.240 e. The molecule has 0 bridgehead atoms. The predicted octanol–water partition coefficient (Wildman–Crippen LogP) is 1.73. The first-order valence-electron chi connectivity index (χ1n) is 7.71. The molecule has 114 valence electrons. The Morgan fingerprint density at radius 2 is 2.05 bits per heavy atom. The van der Waals surface area contributed by atoms with E-state index in [1.807, 2.05) is 31.7 Å². The molecule has 1 unspecified atom stereocenters. The maximum atomic E-state index is 12.8. The zero-order valence-electron chi connectivity index (χ0n) is 13.1. The topological polar surface area (TPSA) is 41.6 Å². The summed E-state index contributed by atoms with van der Waals surface area (Å²) in [7, 11) is 0. The number of fused-ring (bicyclic) bond motifs is 1. The molecule has 3 rings (SSSR count). The van der Waals surface area contributed by atoms with Gasteiger partial charge >= 0.3 is 0 Å². The molecule has 21 heavy (non-hydrogen) atoms. The lowest BCUT2D eigenvalue weighted by molar-refractivity contribution is -0.160. The van der Waals surface area contributed by atoms with Crippen molar-refractivity contribution in [2.45, 2.75) is 51.5 Å². The minimum atomic E-state index is -0.264. The van der Waals surface area contributed by atoms with Crippen molar-refractivity contribution in [3.8, 4) is 0 Å². The number of benzene rings is 1. The number of hydrogen-bond donors (Lipinski definition) is 1. The van der Waals surface area contributed by atoms with E-state index in [2.05, 4.69) is 23.5 Å². The van der Waals surface area contributed by atoms with E-state index in [0.717, 1.165) is 13.0 Å². The summed E-state index contributed by atoms with van der Waals surface area (Å²) in [6.07, 6.45) is 0.870. The quantitative estimate of drug-likeness (QED) is 0.855. The molecule has 0 radical (unpaired) electrons. The first kappa shape index (κ1) is 14.5. The molecule has 1 saturated heterocycles. The third kappa shape index (κ3) is 3.11. The monoisotopic (exact) mass is 288 g/mol. The van der Waals surface area contributed by atoms with Gasteiger partial charge in [-0.15, -0.1) is 0 Å². The van der Waals surface area contributed by atoms with Gasteiger partial charge in [0.25, 0.3) is 0 Å². The summed E-state index contributed by atoms with van der Waals surface area (Å²) in [6.45, 7) is 8.25. The van der Waals surface area contributed by atoms with Gasteiger partial charge in [-0.1, -0.05) is 24.3 Å². The Labute approximate surface area is 126 Å². The van der Waals surface area contributed by atoms with Crippen molar-refractivity contribution in [2.24, 2.45) is 0 Å². The van der Waals surface area contributed by atoms with Crippen molar-refractivity contribution in [1.29, 1.82) is 0 Å². The third-order valence-electron chi connectivity index (χ3n) is 4.26. The fourth-order valence-electron chi connectivity index (χ4n) is 3.47. The van der Waals surface area contributed by atoms with Gasteiger partial charge in [0.15, 0.2) is 0 Å². The van der Waals surface area contributed by atoms with Crippen LogP contribution in [-0.4, -0.2) is 41.6 Å². The van der Waals surface area contributed by atoms with Crippen molar-refractivity contribution in [3.63, 3.8) is 0 Å². The van der Waals surface area contributed by atoms with Crippen LogP contribution in [-0.2, 0) is 22.5 Å². The van der Waals surface area contributed by atoms with Crippen LogP contribution in [0.1, 0.15) is 31.9 Å². The molecule has 1 fully saturated rings. The van der Waals surface area contributed by atoms with Gasteiger partial charge in [-0.05, 0) is 38.3 Å². The van der Waals surface area contributed by atoms with Crippen molar-refractivity contribution in [1.82, 2.24) is 10.2 Å². The van der Waals surface area contributed by atoms with Gasteiger partial charge in [-0.3, -0.25) is 4.79 Å². The SMILES string of the molecule is CC1CN(C(=O)[C@@H]2Cc3ccccc3CN2)CC(C)(C)O1. The molecule has 0 spiro atoms. The molecule has 2 heterocycles. The van der Waals surface area contributed by atoms with Gasteiger partial charge in [0.2, 0.25) is 5.91 Å². The van der Waals surface area contributed by atoms with Crippen LogP contribution in [0.5, 0.6) is 0 Å². The van der Waals surface area contributed by atoms with Gasteiger partial charge in [0.1, 0.15) is 0 Å². The molecule has 1 N–H and O–H groups in total. The zero-order chi connectivity index (χ0) is 15.0. The van der Waals surface area contributed by atoms with Crippen LogP contribution in [0, 0.1) is 0 Å². The molecule has 0 aromatic heterocycles. The lowest BCUT2D eigenvalue weighted by Crippen LogP contribution is -2.58. The molecular weight excluding hydrogens is 264 g/mol. The van der Waals surface area contributed by atoms with E-state index >= 15 is 0 Å². The molecule has 2 aliphatic heterocycles. The van der Waals surface area contributed by atoms with Crippen molar-refractivity contribution in [3.05, 3.63) is 35.4 Å². The second kappa shape index (κ2) is 5.43. The first-order chi connectivity index (χ1) is 9.94. The number of hydrogen-bond acceptors (Lipinski definition) is 3. The van der Waals surface area contributed by atoms with E-state index in [1.165, 1.54) is 11.1 Å². The second-order valence-electron chi connectivity index (χ2n) is 6.81. The Bertz CT molecular complexity index is 541. The molecule has 0 aliphatic carbocycles. The van der Waals surface area contributed by atoms with Crippen LogP contribution in [0.2, 0.25) is 0 Å². The number of nitrogens with one attached hydrogen (secondary N) is 1. The summed E-state index contributed by atoms with van der Waals surface area (Å²) in [5.74, 6) is 0.202. The number of rotatable bonds is 1. The average molecular weight is 288 g/mol. The van der Waals surface area contributed by atoms with Gasteiger partial charge in [-0.25, -0.2) is 0 Å². The fourth-order valence-corrected chi connectivity index (χ4v) is 3.47. The first-order valence-corrected chi connectivity index (χ1v) is 7.71. The minimum Gasteiger partial charge on any atom is -0.369 e. The van der Waals surface area contributed by atoms with E-state index in [-0.39, 0.29) is 23.7 Å². The van der Waals surface area contributed by atoms with Gasteiger partial charge in [0, 0.05) is 19.6 Å². The Balaban J connectivity index is 1.72. The number of nitrogens with zero attached hydrogens (tertiary/aromatic N) is 1. The Kier molecular flexibility index (Phi) is 3.76. The van der Waals surface area contributed by atoms with Crippen LogP contribution >= 0.6 is 0 Å². The van der Waals surface area contributed by atoms with E-state index < -0.39 is 0 Å². The summed E-state index contributed by atoms with van der Waals surface area (Å²) in [5, 5.41) is 3.38. The Morgan fingerprint density at radius 1 is 1.33 bits per heavy atom. The summed E-state index contributed by atoms with van der Waals surface area (Å²) in [4.78, 5) is 14.8. The van der Waals surface area contributed by atoms with Crippen molar-refractivity contribution >= 4 is 5.91 Å². The van der Waals surface area contributed by atoms with Crippen LogP contribution in [0.25, 0.3) is 0 Å². The Hall–Kier alpha value is -1.39. The van der Waals surface area contributed by atoms with Crippen molar-refractivity contribution < 1.29 is 9.53 Å². The molecule has 2 atom stereocenters. The van der Waals surface area contributed by atoms with Gasteiger partial charge in [-0.2, -0.15) is 0 Å². The summed E-state index contributed by atoms with van der Waals surface area (Å²) >= 11 is 0. The number of amides is 1. The van der Waals surface area contributed by atoms with Crippen LogP contribution < -0.4 is 5.32 Å². The highest BCUT2D eigenvalue weighted by Crippen LogP contribution is 2.23. The van der Waals surface area contributed by atoms with Crippen LogP contribution in [0.4, 0.5) is 0 Å². The minimum absolute atomic E-state index is 0.0913. The smallest absolute Gasteiger partial charge is 0.240 e. The van der Waals surface area contributed by atoms with E-state index in [4.69, 9.17) is 4.74 Å². The Morgan fingerprint density at radius 3 is 2.76 bits per heavy atom. The summed E-state index contributed by atoms with van der Waals surface area (Å²) in [6, 6.07) is 8.24. The number of ether oxygens (including phenoxy) is 1. The molecule has 1 amide bonds. The standard InChI is InChI=1S/C17H24N2O2/c1-12-10-19(11-17(2,3)21-12)16(20)15-8-13-6-4-5-7-14(13)9-18-15/h4-7,12,15,18H,8-11H2,1-3H3/t12?,15-/m0/s1. The van der Waals surface area contributed by atoms with E-state index in [1.54, 1.807) is 0 Å². The van der Waals surface area contributed by atoms with Crippen molar-refractivity contribution in [2.75, 3.05) is 13.1 Å². The lowest BCUT2D eigenvalue weighted by Gasteiger charge is -2.43. The molecule has 1 aromatic rings. The van der Waals surface area contributed by atoms with E-state index in [0.29, 0.717) is 13.1 Å². The predicted molar refractivity (Wildman–Crippen MR) is 82.0 cm³/mol. The molecule has 0 saturated carbocycles. The molecular formula is C17H24N2O2. The van der Waals surface area contributed by atoms with Gasteiger partial charge in [0.05, 0.1) is 17.7 Å². The highest BCUT2D eigenvalue weighted by Gasteiger charge is 2.36. The average Bonchev–Trinajstić information content (AvgIpc) is 2.44.